The Morgan fingerprint density at radius 1 is 1.50 bits per heavy atom. The molecule has 1 aromatic rings. The lowest BCUT2D eigenvalue weighted by Gasteiger charge is -2.14. The number of hydrogen-bond acceptors (Lipinski definition) is 4. The quantitative estimate of drug-likeness (QED) is 0.781. The number of sulfonamides is 1. The van der Waals surface area contributed by atoms with Crippen LogP contribution in [0.3, 0.4) is 0 Å². The molecule has 102 valence electrons. The van der Waals surface area contributed by atoms with E-state index in [1.807, 2.05) is 6.92 Å². The second kappa shape index (κ2) is 6.38. The van der Waals surface area contributed by atoms with Gasteiger partial charge in [0.25, 0.3) is 0 Å². The molecule has 3 N–H and O–H groups in total. The molecule has 0 aliphatic rings. The van der Waals surface area contributed by atoms with Crippen LogP contribution in [-0.4, -0.2) is 27.7 Å². The molecule has 1 aromatic carbocycles. The summed E-state index contributed by atoms with van der Waals surface area (Å²) in [5.74, 6) is 0. The minimum absolute atomic E-state index is 0.0880. The molecule has 0 aromatic heterocycles. The number of ether oxygens (including phenoxy) is 1. The van der Waals surface area contributed by atoms with Gasteiger partial charge < -0.3 is 10.5 Å². The summed E-state index contributed by atoms with van der Waals surface area (Å²) in [6.45, 7) is 4.44. The Kier molecular flexibility index (Phi) is 5.40. The van der Waals surface area contributed by atoms with Gasteiger partial charge in [0.15, 0.2) is 0 Å². The van der Waals surface area contributed by atoms with Crippen molar-refractivity contribution in [2.24, 2.45) is 0 Å². The minimum atomic E-state index is -3.60. The lowest BCUT2D eigenvalue weighted by Crippen LogP contribution is -2.35. The maximum Gasteiger partial charge on any atom is 0.240 e. The molecule has 1 rings (SSSR count). The summed E-state index contributed by atoms with van der Waals surface area (Å²) in [5.41, 5.74) is 5.88. The zero-order chi connectivity index (χ0) is 13.8. The average molecular weight is 293 g/mol. The van der Waals surface area contributed by atoms with Crippen LogP contribution in [0.5, 0.6) is 0 Å². The van der Waals surface area contributed by atoms with E-state index in [-0.39, 0.29) is 16.0 Å². The zero-order valence-corrected chi connectivity index (χ0v) is 11.9. The van der Waals surface area contributed by atoms with Crippen molar-refractivity contribution in [2.45, 2.75) is 24.8 Å². The molecule has 0 aliphatic heterocycles. The van der Waals surface area contributed by atoms with Gasteiger partial charge in [0.2, 0.25) is 10.0 Å². The maximum atomic E-state index is 12.0. The molecule has 1 atom stereocenters. The van der Waals surface area contributed by atoms with Crippen molar-refractivity contribution in [1.82, 2.24) is 4.72 Å². The summed E-state index contributed by atoms with van der Waals surface area (Å²) in [7, 11) is -3.60. The van der Waals surface area contributed by atoms with E-state index in [9.17, 15) is 8.42 Å². The van der Waals surface area contributed by atoms with Gasteiger partial charge in [-0.05, 0) is 32.0 Å². The highest BCUT2D eigenvalue weighted by Gasteiger charge is 2.18. The average Bonchev–Trinajstić information content (AvgIpc) is 2.29. The first-order chi connectivity index (χ1) is 8.36. The number of anilines is 1. The SMILES string of the molecule is CCOCC(C)NS(=O)(=O)c1ccc(N)c(Cl)c1. The molecule has 0 heterocycles. The molecule has 0 saturated heterocycles. The van der Waals surface area contributed by atoms with Crippen LogP contribution in [0.4, 0.5) is 5.69 Å². The summed E-state index contributed by atoms with van der Waals surface area (Å²) in [6.07, 6.45) is 0. The van der Waals surface area contributed by atoms with Gasteiger partial charge in [0, 0.05) is 12.6 Å². The van der Waals surface area contributed by atoms with Gasteiger partial charge in [-0.2, -0.15) is 0 Å². The fourth-order valence-corrected chi connectivity index (χ4v) is 2.84. The number of rotatable bonds is 6. The Morgan fingerprint density at radius 2 is 2.17 bits per heavy atom. The highest BCUT2D eigenvalue weighted by Crippen LogP contribution is 2.22. The third-order valence-corrected chi connectivity index (χ3v) is 4.13. The molecule has 7 heteroatoms. The normalized spacial score (nSPS) is 13.5. The van der Waals surface area contributed by atoms with Gasteiger partial charge in [0.05, 0.1) is 22.2 Å². The van der Waals surface area contributed by atoms with Crippen LogP contribution < -0.4 is 10.5 Å². The van der Waals surface area contributed by atoms with Crippen molar-refractivity contribution in [3.63, 3.8) is 0 Å². The van der Waals surface area contributed by atoms with E-state index in [1.165, 1.54) is 18.2 Å². The van der Waals surface area contributed by atoms with Crippen LogP contribution in [0.2, 0.25) is 5.02 Å². The number of hydrogen-bond donors (Lipinski definition) is 2. The summed E-state index contributed by atoms with van der Waals surface area (Å²) in [6, 6.07) is 3.89. The summed E-state index contributed by atoms with van der Waals surface area (Å²) in [5, 5.41) is 0.218. The highest BCUT2D eigenvalue weighted by molar-refractivity contribution is 7.89. The van der Waals surface area contributed by atoms with Crippen LogP contribution >= 0.6 is 11.6 Å². The van der Waals surface area contributed by atoms with E-state index >= 15 is 0 Å². The number of nitrogens with two attached hydrogens (primary N) is 1. The second-order valence-corrected chi connectivity index (χ2v) is 5.99. The molecule has 0 amide bonds. The van der Waals surface area contributed by atoms with Gasteiger partial charge in [-0.15, -0.1) is 0 Å². The Morgan fingerprint density at radius 3 is 2.72 bits per heavy atom. The van der Waals surface area contributed by atoms with Crippen molar-refractivity contribution in [2.75, 3.05) is 18.9 Å². The summed E-state index contributed by atoms with van der Waals surface area (Å²) in [4.78, 5) is 0.0880. The van der Waals surface area contributed by atoms with Crippen LogP contribution in [0.1, 0.15) is 13.8 Å². The van der Waals surface area contributed by atoms with Crippen molar-refractivity contribution >= 4 is 27.3 Å². The standard InChI is InChI=1S/C11H17ClN2O3S/c1-3-17-7-8(2)14-18(15,16)9-4-5-11(13)10(12)6-9/h4-6,8,14H,3,7,13H2,1-2H3. The van der Waals surface area contributed by atoms with Crippen molar-refractivity contribution in [3.05, 3.63) is 23.2 Å². The minimum Gasteiger partial charge on any atom is -0.398 e. The molecule has 0 saturated carbocycles. The topological polar surface area (TPSA) is 81.4 Å². The molecule has 0 radical (unpaired) electrons. The molecular formula is C11H17ClN2O3S. The van der Waals surface area contributed by atoms with E-state index in [4.69, 9.17) is 22.1 Å². The Balaban J connectivity index is 2.83. The van der Waals surface area contributed by atoms with E-state index in [0.717, 1.165) is 0 Å². The van der Waals surface area contributed by atoms with Crippen molar-refractivity contribution in [1.29, 1.82) is 0 Å². The Labute approximate surface area is 112 Å². The summed E-state index contributed by atoms with van der Waals surface area (Å²) >= 11 is 5.80. The number of benzene rings is 1. The molecule has 0 bridgehead atoms. The van der Waals surface area contributed by atoms with E-state index in [1.54, 1.807) is 6.92 Å². The van der Waals surface area contributed by atoms with Crippen LogP contribution in [-0.2, 0) is 14.8 Å². The molecule has 0 aliphatic carbocycles. The summed E-state index contributed by atoms with van der Waals surface area (Å²) < 4.78 is 31.7. The second-order valence-electron chi connectivity index (χ2n) is 3.87. The molecule has 18 heavy (non-hydrogen) atoms. The lowest BCUT2D eigenvalue weighted by molar-refractivity contribution is 0.133. The third-order valence-electron chi connectivity index (χ3n) is 2.21. The smallest absolute Gasteiger partial charge is 0.240 e. The van der Waals surface area contributed by atoms with Gasteiger partial charge in [-0.25, -0.2) is 13.1 Å². The van der Waals surface area contributed by atoms with Crippen LogP contribution in [0, 0.1) is 0 Å². The molecule has 1 unspecified atom stereocenters. The first-order valence-electron chi connectivity index (χ1n) is 5.52. The van der Waals surface area contributed by atoms with Gasteiger partial charge in [-0.3, -0.25) is 0 Å². The largest absolute Gasteiger partial charge is 0.398 e. The van der Waals surface area contributed by atoms with E-state index in [0.29, 0.717) is 18.9 Å². The maximum absolute atomic E-state index is 12.0. The Hall–Kier alpha value is -0.820. The molecular weight excluding hydrogens is 276 g/mol. The first kappa shape index (κ1) is 15.2. The van der Waals surface area contributed by atoms with E-state index in [2.05, 4.69) is 4.72 Å². The monoisotopic (exact) mass is 292 g/mol. The number of halogens is 1. The fourth-order valence-electron chi connectivity index (χ4n) is 1.34. The Bertz CT molecular complexity index is 505. The van der Waals surface area contributed by atoms with Crippen molar-refractivity contribution < 1.29 is 13.2 Å². The number of nitrogen functional groups attached to an aromatic ring is 1. The predicted molar refractivity (Wildman–Crippen MR) is 72.1 cm³/mol. The highest BCUT2D eigenvalue weighted by atomic mass is 35.5. The predicted octanol–water partition coefficient (Wildman–Crippen LogP) is 1.63. The van der Waals surface area contributed by atoms with Gasteiger partial charge in [0.1, 0.15) is 0 Å². The van der Waals surface area contributed by atoms with Crippen LogP contribution in [0.15, 0.2) is 23.1 Å². The first-order valence-corrected chi connectivity index (χ1v) is 7.38. The third kappa shape index (κ3) is 4.13. The molecule has 0 fully saturated rings. The van der Waals surface area contributed by atoms with Crippen molar-refractivity contribution in [3.8, 4) is 0 Å². The van der Waals surface area contributed by atoms with Gasteiger partial charge >= 0.3 is 0 Å². The van der Waals surface area contributed by atoms with Crippen LogP contribution in [0.25, 0.3) is 0 Å². The zero-order valence-electron chi connectivity index (χ0n) is 10.3. The lowest BCUT2D eigenvalue weighted by atomic mass is 10.3. The molecule has 0 spiro atoms. The van der Waals surface area contributed by atoms with E-state index < -0.39 is 10.0 Å². The fraction of sp³-hybridized carbons (Fsp3) is 0.455. The molecule has 5 nitrogen and oxygen atoms in total. The number of nitrogens with one attached hydrogen (secondary N) is 1. The van der Waals surface area contributed by atoms with Gasteiger partial charge in [-0.1, -0.05) is 11.6 Å².